The monoisotopic (exact) mass is 447 g/mol. The smallest absolute Gasteiger partial charge is 0.278 e. The molecule has 0 N–H and O–H groups in total. The molecule has 0 bridgehead atoms. The van der Waals surface area contributed by atoms with Gasteiger partial charge in [-0.3, -0.25) is 13.9 Å². The first-order chi connectivity index (χ1) is 14.6. The van der Waals surface area contributed by atoms with Crippen LogP contribution >= 0.6 is 22.9 Å². The van der Waals surface area contributed by atoms with Crippen molar-refractivity contribution in [3.05, 3.63) is 54.6 Å². The molecule has 0 saturated carbocycles. The van der Waals surface area contributed by atoms with E-state index in [1.807, 2.05) is 17.5 Å². The van der Waals surface area contributed by atoms with Gasteiger partial charge in [-0.1, -0.05) is 31.0 Å². The van der Waals surface area contributed by atoms with E-state index < -0.39 is 0 Å². The Balaban J connectivity index is 1.48. The molecule has 1 aliphatic heterocycles. The van der Waals surface area contributed by atoms with Crippen LogP contribution in [0.15, 0.2) is 32.1 Å². The lowest BCUT2D eigenvalue weighted by atomic mass is 10.2. The Morgan fingerprint density at radius 3 is 2.77 bits per heavy atom. The Labute approximate surface area is 181 Å². The fourth-order valence-corrected chi connectivity index (χ4v) is 4.34. The molecule has 3 aromatic rings. The van der Waals surface area contributed by atoms with Crippen LogP contribution in [-0.4, -0.2) is 34.5 Å². The SMILES string of the molecule is CCCCn1c2c(c(=O)n(CCCn3nnc(Cc4cccs4)n3)c1=O)CC(Cl)=N2. The van der Waals surface area contributed by atoms with E-state index in [-0.39, 0.29) is 24.2 Å². The summed E-state index contributed by atoms with van der Waals surface area (Å²) in [6, 6.07) is 4.02. The van der Waals surface area contributed by atoms with Gasteiger partial charge in [0.2, 0.25) is 0 Å². The molecule has 11 heteroatoms. The third-order valence-corrected chi connectivity index (χ3v) is 6.02. The first kappa shape index (κ1) is 20.7. The Morgan fingerprint density at radius 1 is 1.17 bits per heavy atom. The van der Waals surface area contributed by atoms with Crippen molar-refractivity contribution in [2.75, 3.05) is 0 Å². The number of nitrogens with zero attached hydrogens (tertiary/aromatic N) is 7. The number of thiophene rings is 1. The van der Waals surface area contributed by atoms with Crippen molar-refractivity contribution in [3.63, 3.8) is 0 Å². The molecule has 4 heterocycles. The van der Waals surface area contributed by atoms with E-state index in [2.05, 4.69) is 27.3 Å². The Hall–Kier alpha value is -2.59. The van der Waals surface area contributed by atoms with Gasteiger partial charge in [0.05, 0.1) is 12.1 Å². The zero-order chi connectivity index (χ0) is 21.1. The lowest BCUT2D eigenvalue weighted by molar-refractivity contribution is 0.448. The lowest BCUT2D eigenvalue weighted by Gasteiger charge is -2.13. The zero-order valence-corrected chi connectivity index (χ0v) is 18.2. The standard InChI is InChI=1S/C19H22ClN7O2S/c1-2-3-7-25-17-14(12-15(20)21-17)18(28)26(19(25)29)8-5-9-27-23-16(22-24-27)11-13-6-4-10-30-13/h4,6,10H,2-3,5,7-9,11-12H2,1H3. The van der Waals surface area contributed by atoms with Crippen molar-refractivity contribution >= 4 is 33.9 Å². The number of halogens is 1. The van der Waals surface area contributed by atoms with E-state index in [0.717, 1.165) is 12.8 Å². The van der Waals surface area contributed by atoms with Crippen LogP contribution in [-0.2, 0) is 32.5 Å². The minimum absolute atomic E-state index is 0.274. The highest BCUT2D eigenvalue weighted by atomic mass is 35.5. The fraction of sp³-hybridized carbons (Fsp3) is 0.474. The fourth-order valence-electron chi connectivity index (χ4n) is 3.42. The summed E-state index contributed by atoms with van der Waals surface area (Å²) in [5.41, 5.74) is -0.160. The molecule has 3 aromatic heterocycles. The van der Waals surface area contributed by atoms with Gasteiger partial charge in [0.25, 0.3) is 5.56 Å². The molecule has 0 atom stereocenters. The first-order valence-electron chi connectivity index (χ1n) is 9.95. The lowest BCUT2D eigenvalue weighted by Crippen LogP contribution is -2.41. The molecule has 9 nitrogen and oxygen atoms in total. The molecule has 158 valence electrons. The van der Waals surface area contributed by atoms with E-state index in [0.29, 0.717) is 48.3 Å². The van der Waals surface area contributed by atoms with Gasteiger partial charge < -0.3 is 0 Å². The van der Waals surface area contributed by atoms with Crippen LogP contribution < -0.4 is 11.2 Å². The number of aliphatic imine (C=N–C) groups is 1. The second kappa shape index (κ2) is 9.05. The second-order valence-corrected chi connectivity index (χ2v) is 8.59. The van der Waals surface area contributed by atoms with Gasteiger partial charge in [-0.2, -0.15) is 4.80 Å². The molecule has 0 aromatic carbocycles. The predicted octanol–water partition coefficient (Wildman–Crippen LogP) is 2.36. The topological polar surface area (TPSA) is 100.0 Å². The number of fused-ring (bicyclic) bond motifs is 1. The summed E-state index contributed by atoms with van der Waals surface area (Å²) in [7, 11) is 0. The van der Waals surface area contributed by atoms with Gasteiger partial charge >= 0.3 is 5.69 Å². The van der Waals surface area contributed by atoms with Gasteiger partial charge in [0, 0.05) is 30.8 Å². The molecule has 1 aliphatic rings. The molecule has 0 unspecified atom stereocenters. The van der Waals surface area contributed by atoms with Crippen LogP contribution in [0.25, 0.3) is 0 Å². The van der Waals surface area contributed by atoms with Crippen molar-refractivity contribution in [2.24, 2.45) is 4.99 Å². The Morgan fingerprint density at radius 2 is 2.00 bits per heavy atom. The van der Waals surface area contributed by atoms with E-state index >= 15 is 0 Å². The van der Waals surface area contributed by atoms with Crippen LogP contribution in [0, 0.1) is 0 Å². The summed E-state index contributed by atoms with van der Waals surface area (Å²) in [6.45, 7) is 3.31. The van der Waals surface area contributed by atoms with Crippen molar-refractivity contribution in [3.8, 4) is 0 Å². The molecular weight excluding hydrogens is 426 g/mol. The molecule has 0 radical (unpaired) electrons. The maximum atomic E-state index is 13.0. The molecule has 0 saturated heterocycles. The van der Waals surface area contributed by atoms with Gasteiger partial charge in [-0.25, -0.2) is 9.79 Å². The van der Waals surface area contributed by atoms with Crippen LogP contribution in [0.2, 0.25) is 0 Å². The van der Waals surface area contributed by atoms with E-state index in [9.17, 15) is 9.59 Å². The van der Waals surface area contributed by atoms with Gasteiger partial charge in [0.1, 0.15) is 11.0 Å². The maximum absolute atomic E-state index is 13.0. The largest absolute Gasteiger partial charge is 0.332 e. The summed E-state index contributed by atoms with van der Waals surface area (Å²) in [5, 5.41) is 14.9. The van der Waals surface area contributed by atoms with Crippen LogP contribution in [0.5, 0.6) is 0 Å². The maximum Gasteiger partial charge on any atom is 0.332 e. The average molecular weight is 448 g/mol. The highest BCUT2D eigenvalue weighted by Crippen LogP contribution is 2.24. The molecule has 0 spiro atoms. The summed E-state index contributed by atoms with van der Waals surface area (Å²) in [4.78, 5) is 32.7. The van der Waals surface area contributed by atoms with Gasteiger partial charge in [-0.15, -0.1) is 21.5 Å². The van der Waals surface area contributed by atoms with Crippen molar-refractivity contribution in [1.29, 1.82) is 0 Å². The molecule has 0 fully saturated rings. The first-order valence-corrected chi connectivity index (χ1v) is 11.2. The minimum atomic E-state index is -0.341. The molecule has 4 rings (SSSR count). The van der Waals surface area contributed by atoms with Crippen molar-refractivity contribution in [1.82, 2.24) is 29.3 Å². The number of hydrogen-bond donors (Lipinski definition) is 0. The second-order valence-electron chi connectivity index (χ2n) is 7.12. The average Bonchev–Trinajstić information content (AvgIpc) is 3.47. The number of aryl methyl sites for hydroxylation is 1. The van der Waals surface area contributed by atoms with Crippen molar-refractivity contribution < 1.29 is 0 Å². The highest BCUT2D eigenvalue weighted by Gasteiger charge is 2.24. The quantitative estimate of drug-likeness (QED) is 0.501. The number of aromatic nitrogens is 6. The number of unbranched alkanes of at least 4 members (excludes halogenated alkanes) is 1. The Kier molecular flexibility index (Phi) is 6.24. The third kappa shape index (κ3) is 4.29. The summed E-state index contributed by atoms with van der Waals surface area (Å²) in [6.07, 6.45) is 3.21. The highest BCUT2D eigenvalue weighted by molar-refractivity contribution is 7.09. The number of rotatable bonds is 9. The van der Waals surface area contributed by atoms with Crippen LogP contribution in [0.1, 0.15) is 42.5 Å². The minimum Gasteiger partial charge on any atom is -0.278 e. The summed E-state index contributed by atoms with van der Waals surface area (Å²) >= 11 is 7.71. The van der Waals surface area contributed by atoms with E-state index in [1.165, 1.54) is 14.2 Å². The molecule has 0 amide bonds. The normalized spacial score (nSPS) is 12.9. The Bertz CT molecular complexity index is 1180. The summed E-state index contributed by atoms with van der Waals surface area (Å²) in [5.74, 6) is 1.07. The summed E-state index contributed by atoms with van der Waals surface area (Å²) < 4.78 is 2.85. The molecule has 30 heavy (non-hydrogen) atoms. The number of hydrogen-bond acceptors (Lipinski definition) is 7. The molecular formula is C19H22ClN7O2S. The van der Waals surface area contributed by atoms with Gasteiger partial charge in [0.15, 0.2) is 5.82 Å². The number of tetrazole rings is 1. The van der Waals surface area contributed by atoms with Crippen LogP contribution in [0.3, 0.4) is 0 Å². The van der Waals surface area contributed by atoms with Crippen molar-refractivity contribution in [2.45, 2.75) is 58.7 Å². The van der Waals surface area contributed by atoms with Crippen LogP contribution in [0.4, 0.5) is 5.82 Å². The van der Waals surface area contributed by atoms with Gasteiger partial charge in [-0.05, 0) is 29.5 Å². The molecule has 0 aliphatic carbocycles. The van der Waals surface area contributed by atoms with E-state index in [1.54, 1.807) is 15.9 Å². The van der Waals surface area contributed by atoms with E-state index in [4.69, 9.17) is 11.6 Å². The third-order valence-electron chi connectivity index (χ3n) is 4.92. The zero-order valence-electron chi connectivity index (χ0n) is 16.6. The predicted molar refractivity (Wildman–Crippen MR) is 116 cm³/mol.